The minimum absolute atomic E-state index is 0.0349. The third kappa shape index (κ3) is 5.45. The zero-order chi connectivity index (χ0) is 31.8. The van der Waals surface area contributed by atoms with Gasteiger partial charge >= 0.3 is 6.72 Å². The second kappa shape index (κ2) is 11.1. The number of alkyl halides is 2. The number of halogens is 2. The van der Waals surface area contributed by atoms with Crippen molar-refractivity contribution < 1.29 is 45.8 Å². The van der Waals surface area contributed by atoms with Crippen LogP contribution in [0.2, 0.25) is 0 Å². The average molecular weight is 688 g/mol. The molecule has 4 aromatic rings. The van der Waals surface area contributed by atoms with Crippen molar-refractivity contribution in [1.29, 1.82) is 0 Å². The predicted octanol–water partition coefficient (Wildman–Crippen LogP) is -0.0945. The van der Waals surface area contributed by atoms with Crippen LogP contribution in [0.15, 0.2) is 23.8 Å². The lowest BCUT2D eigenvalue weighted by Crippen LogP contribution is -2.37. The second-order valence-electron chi connectivity index (χ2n) is 10.1. The third-order valence-electron chi connectivity index (χ3n) is 7.26. The molecule has 3 fully saturated rings. The topological polar surface area (TPSA) is 252 Å². The number of nitrogens with one attached hydrogen (secondary N) is 1. The number of imidazole rings is 2. The van der Waals surface area contributed by atoms with E-state index in [1.165, 1.54) is 10.9 Å². The summed E-state index contributed by atoms with van der Waals surface area (Å²) in [4.78, 5) is 45.3. The summed E-state index contributed by atoms with van der Waals surface area (Å²) in [7, 11) is 1.20. The Labute approximate surface area is 255 Å². The minimum Gasteiger partial charge on any atom is -0.382 e. The molecule has 6 N–H and O–H groups in total. The van der Waals surface area contributed by atoms with Crippen LogP contribution in [0, 0.1) is 0 Å². The van der Waals surface area contributed by atoms with Gasteiger partial charge in [0, 0.05) is 0 Å². The Bertz CT molecular complexity index is 1950. The van der Waals surface area contributed by atoms with Crippen LogP contribution in [0.3, 0.4) is 0 Å². The number of rotatable bonds is 2. The number of hydrogen-bond acceptors (Lipinski definition) is 16. The first-order valence-corrected chi connectivity index (χ1v) is 17.1. The number of nitrogens with zero attached hydrogens (tertiary/aromatic N) is 7. The largest absolute Gasteiger partial charge is 0.382 e. The number of fused-ring (bicyclic) bond motifs is 4. The molecule has 4 aromatic heterocycles. The van der Waals surface area contributed by atoms with Gasteiger partial charge in [-0.1, -0.05) is 0 Å². The van der Waals surface area contributed by atoms with E-state index in [1.807, 2.05) is 0 Å². The molecule has 238 valence electrons. The quantitative estimate of drug-likeness (QED) is 0.159. The fourth-order valence-corrected chi connectivity index (χ4v) is 7.71. The molecule has 3 aliphatic heterocycles. The Morgan fingerprint density at radius 3 is 2.24 bits per heavy atom. The Morgan fingerprint density at radius 2 is 1.56 bits per heavy atom. The van der Waals surface area contributed by atoms with Crippen LogP contribution >= 0.6 is 14.2 Å². The zero-order valence-corrected chi connectivity index (χ0v) is 25.0. The first-order valence-electron chi connectivity index (χ1n) is 12.9. The first kappa shape index (κ1) is 30.7. The molecule has 0 aromatic carbocycles. The summed E-state index contributed by atoms with van der Waals surface area (Å²) < 4.78 is 80.7. The molecule has 7 heterocycles. The highest BCUT2D eigenvalue weighted by molar-refractivity contribution is 8.07. The van der Waals surface area contributed by atoms with Crippen molar-refractivity contribution >= 4 is 67.7 Å². The standard InChI is InChI=1S/C20H21BF2N10O9P2S/c21-43(35)37-1-6-13(9(23)19(39-6)33-5-29-11-16(33)30-20(25)31-17(11)34)42-44(36,45)38-2-7-12(41-43)8(22)18(40-7)32-4-28-10-14(24)26-3-27-15(10)32/h3-9,12-13,18-19H,1-2H2,(H,36,45)(H2,24,26,27)(H3,25,30,31,34)/t6-,7-,8?,9?,12?,13?,18-,19-,43?,44?/m1/s1. The number of ether oxygens (including phenoxy) is 2. The van der Waals surface area contributed by atoms with Gasteiger partial charge in [0.05, 0.1) is 25.9 Å². The molecule has 7 rings (SSSR count). The van der Waals surface area contributed by atoms with E-state index in [2.05, 4.69) is 29.9 Å². The van der Waals surface area contributed by atoms with Crippen LogP contribution in [0.5, 0.6) is 0 Å². The van der Waals surface area contributed by atoms with Gasteiger partial charge in [0.2, 0.25) is 13.5 Å². The van der Waals surface area contributed by atoms with Crippen molar-refractivity contribution in [3.8, 4) is 0 Å². The highest BCUT2D eigenvalue weighted by Crippen LogP contribution is 2.54. The highest BCUT2D eigenvalue weighted by atomic mass is 32.5. The average Bonchev–Trinajstić information content (AvgIpc) is 3.72. The third-order valence-corrected chi connectivity index (χ3v) is 9.87. The monoisotopic (exact) mass is 688 g/mol. The van der Waals surface area contributed by atoms with Crippen LogP contribution < -0.4 is 17.0 Å². The van der Waals surface area contributed by atoms with Crippen LogP contribution in [0.1, 0.15) is 12.5 Å². The Hall–Kier alpha value is -2.98. The van der Waals surface area contributed by atoms with Gasteiger partial charge in [0.15, 0.2) is 47.4 Å². The normalized spacial score (nSPS) is 37.7. The number of anilines is 2. The van der Waals surface area contributed by atoms with E-state index < -0.39 is 82.2 Å². The molecule has 3 aliphatic rings. The van der Waals surface area contributed by atoms with Crippen molar-refractivity contribution in [2.75, 3.05) is 24.7 Å². The van der Waals surface area contributed by atoms with Crippen LogP contribution in [-0.4, -0.2) is 101 Å². The summed E-state index contributed by atoms with van der Waals surface area (Å²) in [5.74, 6) is -0.235. The summed E-state index contributed by atoms with van der Waals surface area (Å²) >= 11 is 5.12. The molecule has 25 heteroatoms. The highest BCUT2D eigenvalue weighted by Gasteiger charge is 2.53. The van der Waals surface area contributed by atoms with E-state index in [-0.39, 0.29) is 34.1 Å². The molecule has 0 amide bonds. The maximum Gasteiger partial charge on any atom is 0.325 e. The fourth-order valence-electron chi connectivity index (χ4n) is 5.27. The van der Waals surface area contributed by atoms with Crippen molar-refractivity contribution in [3.05, 3.63) is 29.3 Å². The predicted molar refractivity (Wildman–Crippen MR) is 151 cm³/mol. The summed E-state index contributed by atoms with van der Waals surface area (Å²) in [6.45, 7) is -5.72. The van der Waals surface area contributed by atoms with Crippen molar-refractivity contribution in [1.82, 2.24) is 39.0 Å². The van der Waals surface area contributed by atoms with Gasteiger partial charge in [-0.2, -0.15) is 4.98 Å². The maximum atomic E-state index is 16.0. The first-order chi connectivity index (χ1) is 21.3. The van der Waals surface area contributed by atoms with Gasteiger partial charge in [0.25, 0.3) is 13.0 Å². The van der Waals surface area contributed by atoms with E-state index in [9.17, 15) is 14.3 Å². The lowest BCUT2D eigenvalue weighted by atomic mass is 10.1. The van der Waals surface area contributed by atoms with Gasteiger partial charge in [-0.15, -0.1) is 0 Å². The number of nitrogen functional groups attached to an aromatic ring is 2. The summed E-state index contributed by atoms with van der Waals surface area (Å²) in [5, 5.41) is 0. The van der Waals surface area contributed by atoms with Crippen molar-refractivity contribution in [2.45, 2.75) is 49.2 Å². The van der Waals surface area contributed by atoms with Gasteiger partial charge in [-0.3, -0.25) is 28.0 Å². The smallest absolute Gasteiger partial charge is 0.325 e. The maximum absolute atomic E-state index is 16.0. The number of nitrogens with two attached hydrogens (primary N) is 2. The molecular formula is C20H21BF2N10O9P2S. The van der Waals surface area contributed by atoms with Crippen molar-refractivity contribution in [3.63, 3.8) is 0 Å². The van der Waals surface area contributed by atoms with E-state index in [0.29, 0.717) is 0 Å². The number of aromatic amines is 1. The van der Waals surface area contributed by atoms with Gasteiger partial charge < -0.3 is 39.4 Å². The Kier molecular flexibility index (Phi) is 7.55. The fraction of sp³-hybridized carbons (Fsp3) is 0.500. The second-order valence-corrected chi connectivity index (χ2v) is 14.5. The SMILES string of the molecule is [B]P1(=O)OC[C@H]2O[C@@H](n3cnc4c(=O)[nH]c(N)nc43)C(F)C2OP(O)(=S)OC[C@H]2O[C@@H](n3cnc4c(N)ncnc43)C(F)C2O1. The molecule has 0 aliphatic carbocycles. The number of H-pyrrole nitrogens is 1. The lowest BCUT2D eigenvalue weighted by molar-refractivity contribution is -0.0566. The van der Waals surface area contributed by atoms with Crippen LogP contribution in [0.25, 0.3) is 22.3 Å². The molecule has 3 saturated heterocycles. The molecule has 0 bridgehead atoms. The molecule has 0 saturated carbocycles. The van der Waals surface area contributed by atoms with Crippen LogP contribution in [0.4, 0.5) is 20.5 Å². The Balaban J connectivity index is 1.17. The molecule has 0 spiro atoms. The van der Waals surface area contributed by atoms with E-state index in [4.69, 9.17) is 58.4 Å². The zero-order valence-electron chi connectivity index (χ0n) is 22.4. The Morgan fingerprint density at radius 1 is 0.956 bits per heavy atom. The molecule has 45 heavy (non-hydrogen) atoms. The van der Waals surface area contributed by atoms with Gasteiger partial charge in [-0.25, -0.2) is 28.7 Å². The molecular weight excluding hydrogens is 667 g/mol. The minimum atomic E-state index is -4.62. The molecule has 6 unspecified atom stereocenters. The number of aromatic nitrogens is 8. The van der Waals surface area contributed by atoms with E-state index in [0.717, 1.165) is 17.2 Å². The molecule has 2 radical (unpaired) electrons. The number of hydrogen-bond donors (Lipinski definition) is 4. The lowest BCUT2D eigenvalue weighted by Gasteiger charge is -2.29. The summed E-state index contributed by atoms with van der Waals surface area (Å²) in [6, 6.07) is 0. The van der Waals surface area contributed by atoms with Gasteiger partial charge in [-0.05, 0) is 11.8 Å². The summed E-state index contributed by atoms with van der Waals surface area (Å²) in [6.07, 6.45) is -9.99. The molecule has 19 nitrogen and oxygen atoms in total. The van der Waals surface area contributed by atoms with Crippen molar-refractivity contribution in [2.24, 2.45) is 0 Å². The van der Waals surface area contributed by atoms with E-state index in [1.54, 1.807) is 0 Å². The molecule has 10 atom stereocenters. The summed E-state index contributed by atoms with van der Waals surface area (Å²) in [5.41, 5.74) is 10.8. The van der Waals surface area contributed by atoms with E-state index >= 15 is 8.78 Å². The van der Waals surface area contributed by atoms with Gasteiger partial charge in [0.1, 0.15) is 36.3 Å². The van der Waals surface area contributed by atoms with Crippen LogP contribution in [-0.2, 0) is 43.9 Å².